The molecule has 2 heterocycles. The van der Waals surface area contributed by atoms with Crippen molar-refractivity contribution in [3.8, 4) is 0 Å². The molecule has 0 fully saturated rings. The molecule has 1 atom stereocenters. The molecule has 0 saturated heterocycles. The summed E-state index contributed by atoms with van der Waals surface area (Å²) in [5.41, 5.74) is 1.23. The first-order valence-electron chi connectivity index (χ1n) is 5.80. The maximum atomic E-state index is 11.7. The fourth-order valence-electron chi connectivity index (χ4n) is 1.90. The molecule has 2 N–H and O–H groups in total. The summed E-state index contributed by atoms with van der Waals surface area (Å²) < 4.78 is 4.57. The van der Waals surface area contributed by atoms with Gasteiger partial charge in [0.2, 0.25) is 5.91 Å². The van der Waals surface area contributed by atoms with Gasteiger partial charge in [0.25, 0.3) is 0 Å². The number of amides is 1. The van der Waals surface area contributed by atoms with Crippen molar-refractivity contribution in [1.29, 1.82) is 0 Å². The SMILES string of the molecule is COC(=O)C1Cc2cc(/C=C/C(=O)O)cnc2NC1=O. The van der Waals surface area contributed by atoms with E-state index in [2.05, 4.69) is 15.0 Å². The number of aromatic nitrogens is 1. The molecular formula is C13H12N2O5. The van der Waals surface area contributed by atoms with E-state index in [0.29, 0.717) is 16.9 Å². The Morgan fingerprint density at radius 1 is 1.55 bits per heavy atom. The molecule has 0 radical (unpaired) electrons. The van der Waals surface area contributed by atoms with E-state index in [1.165, 1.54) is 19.4 Å². The molecule has 1 aromatic heterocycles. The topological polar surface area (TPSA) is 106 Å². The molecule has 1 aliphatic heterocycles. The van der Waals surface area contributed by atoms with Crippen molar-refractivity contribution in [1.82, 2.24) is 4.98 Å². The zero-order valence-electron chi connectivity index (χ0n) is 10.6. The number of fused-ring (bicyclic) bond motifs is 1. The average Bonchev–Trinajstić information content (AvgIpc) is 2.43. The summed E-state index contributed by atoms with van der Waals surface area (Å²) in [5, 5.41) is 11.1. The zero-order chi connectivity index (χ0) is 14.7. The lowest BCUT2D eigenvalue weighted by molar-refractivity contribution is -0.148. The van der Waals surface area contributed by atoms with Crippen LogP contribution in [-0.4, -0.2) is 35.0 Å². The van der Waals surface area contributed by atoms with Gasteiger partial charge in [0.15, 0.2) is 0 Å². The van der Waals surface area contributed by atoms with Crippen LogP contribution in [0.25, 0.3) is 6.08 Å². The summed E-state index contributed by atoms with van der Waals surface area (Å²) in [5.74, 6) is -2.66. The largest absolute Gasteiger partial charge is 0.478 e. The number of carbonyl (C=O) groups excluding carboxylic acids is 2. The molecule has 20 heavy (non-hydrogen) atoms. The minimum atomic E-state index is -1.07. The monoisotopic (exact) mass is 276 g/mol. The highest BCUT2D eigenvalue weighted by molar-refractivity contribution is 6.06. The minimum absolute atomic E-state index is 0.176. The standard InChI is InChI=1S/C13H12N2O5/c1-20-13(19)9-5-8-4-7(2-3-10(16)17)6-14-11(8)15-12(9)18/h2-4,6,9H,5H2,1H3,(H,16,17)(H,14,15,18)/b3-2+. The number of nitrogens with zero attached hydrogens (tertiary/aromatic N) is 1. The van der Waals surface area contributed by atoms with Gasteiger partial charge in [-0.15, -0.1) is 0 Å². The summed E-state index contributed by atoms with van der Waals surface area (Å²) in [4.78, 5) is 37.7. The predicted octanol–water partition coefficient (Wildman–Crippen LogP) is 0.463. The lowest BCUT2D eigenvalue weighted by Crippen LogP contribution is -2.36. The smallest absolute Gasteiger partial charge is 0.328 e. The first kappa shape index (κ1) is 13.7. The normalized spacial score (nSPS) is 17.4. The highest BCUT2D eigenvalue weighted by atomic mass is 16.5. The van der Waals surface area contributed by atoms with Crippen molar-refractivity contribution in [2.24, 2.45) is 5.92 Å². The summed E-state index contributed by atoms with van der Waals surface area (Å²) in [6.07, 6.45) is 3.99. The number of pyridine rings is 1. The van der Waals surface area contributed by atoms with Gasteiger partial charge in [-0.05, 0) is 29.7 Å². The van der Waals surface area contributed by atoms with Crippen molar-refractivity contribution in [2.45, 2.75) is 6.42 Å². The first-order chi connectivity index (χ1) is 9.51. The number of carboxylic acid groups (broad SMARTS) is 1. The number of rotatable bonds is 3. The van der Waals surface area contributed by atoms with E-state index in [9.17, 15) is 14.4 Å². The Kier molecular flexibility index (Phi) is 3.79. The fraction of sp³-hybridized carbons (Fsp3) is 0.231. The second-order valence-electron chi connectivity index (χ2n) is 4.22. The van der Waals surface area contributed by atoms with Gasteiger partial charge in [0, 0.05) is 12.3 Å². The number of carboxylic acids is 1. The van der Waals surface area contributed by atoms with E-state index in [1.807, 2.05) is 0 Å². The van der Waals surface area contributed by atoms with Gasteiger partial charge < -0.3 is 15.2 Å². The number of anilines is 1. The second kappa shape index (κ2) is 5.52. The zero-order valence-corrected chi connectivity index (χ0v) is 10.6. The second-order valence-corrected chi connectivity index (χ2v) is 4.22. The predicted molar refractivity (Wildman–Crippen MR) is 68.7 cm³/mol. The molecule has 0 spiro atoms. The molecule has 0 aromatic carbocycles. The van der Waals surface area contributed by atoms with Crippen LogP contribution in [0, 0.1) is 5.92 Å². The molecule has 0 aliphatic carbocycles. The molecule has 0 bridgehead atoms. The van der Waals surface area contributed by atoms with E-state index in [1.54, 1.807) is 6.07 Å². The number of methoxy groups -OCH3 is 1. The molecular weight excluding hydrogens is 264 g/mol. The molecule has 1 unspecified atom stereocenters. The average molecular weight is 276 g/mol. The molecule has 7 nitrogen and oxygen atoms in total. The van der Waals surface area contributed by atoms with Gasteiger partial charge >= 0.3 is 11.9 Å². The highest BCUT2D eigenvalue weighted by Crippen LogP contribution is 2.25. The van der Waals surface area contributed by atoms with Crippen LogP contribution >= 0.6 is 0 Å². The van der Waals surface area contributed by atoms with Gasteiger partial charge in [-0.2, -0.15) is 0 Å². The quantitative estimate of drug-likeness (QED) is 0.472. The van der Waals surface area contributed by atoms with Gasteiger partial charge in [-0.1, -0.05) is 0 Å². The van der Waals surface area contributed by atoms with E-state index >= 15 is 0 Å². The summed E-state index contributed by atoms with van der Waals surface area (Å²) in [6, 6.07) is 1.68. The van der Waals surface area contributed by atoms with Crippen LogP contribution in [0.4, 0.5) is 5.82 Å². The van der Waals surface area contributed by atoms with Crippen molar-refractivity contribution in [3.05, 3.63) is 29.5 Å². The Hall–Kier alpha value is -2.70. The van der Waals surface area contributed by atoms with Crippen LogP contribution in [0.1, 0.15) is 11.1 Å². The third kappa shape index (κ3) is 2.82. The maximum absolute atomic E-state index is 11.7. The van der Waals surface area contributed by atoms with Gasteiger partial charge in [-0.25, -0.2) is 9.78 Å². The van der Waals surface area contributed by atoms with Crippen molar-refractivity contribution in [3.63, 3.8) is 0 Å². The molecule has 2 rings (SSSR count). The third-order valence-electron chi connectivity index (χ3n) is 2.87. The van der Waals surface area contributed by atoms with Crippen LogP contribution in [0.5, 0.6) is 0 Å². The molecule has 1 aromatic rings. The lowest BCUT2D eigenvalue weighted by Gasteiger charge is -2.22. The number of esters is 1. The van der Waals surface area contributed by atoms with E-state index in [4.69, 9.17) is 5.11 Å². The van der Waals surface area contributed by atoms with Crippen molar-refractivity contribution >= 4 is 29.7 Å². The van der Waals surface area contributed by atoms with Gasteiger partial charge in [-0.3, -0.25) is 9.59 Å². The first-order valence-corrected chi connectivity index (χ1v) is 5.80. The number of hydrogen-bond acceptors (Lipinski definition) is 5. The highest BCUT2D eigenvalue weighted by Gasteiger charge is 2.33. The van der Waals surface area contributed by atoms with Gasteiger partial charge in [0.05, 0.1) is 7.11 Å². The van der Waals surface area contributed by atoms with Crippen LogP contribution in [0.2, 0.25) is 0 Å². The summed E-state index contributed by atoms with van der Waals surface area (Å²) in [6.45, 7) is 0. The minimum Gasteiger partial charge on any atom is -0.478 e. The number of hydrogen-bond donors (Lipinski definition) is 2. The van der Waals surface area contributed by atoms with Crippen LogP contribution in [-0.2, 0) is 25.5 Å². The maximum Gasteiger partial charge on any atom is 0.328 e. The summed E-state index contributed by atoms with van der Waals surface area (Å²) in [7, 11) is 1.22. The molecule has 1 amide bonds. The lowest BCUT2D eigenvalue weighted by atomic mass is 9.94. The third-order valence-corrected chi connectivity index (χ3v) is 2.87. The summed E-state index contributed by atoms with van der Waals surface area (Å²) >= 11 is 0. The molecule has 7 heteroatoms. The Morgan fingerprint density at radius 3 is 2.95 bits per heavy atom. The van der Waals surface area contributed by atoms with Crippen molar-refractivity contribution < 1.29 is 24.2 Å². The van der Waals surface area contributed by atoms with E-state index in [-0.39, 0.29) is 6.42 Å². The number of carbonyl (C=O) groups is 3. The molecule has 1 aliphatic rings. The number of aliphatic carboxylic acids is 1. The Labute approximate surface area is 114 Å². The van der Waals surface area contributed by atoms with Gasteiger partial charge in [0.1, 0.15) is 11.7 Å². The van der Waals surface area contributed by atoms with Crippen molar-refractivity contribution in [2.75, 3.05) is 12.4 Å². The van der Waals surface area contributed by atoms with E-state index < -0.39 is 23.8 Å². The Balaban J connectivity index is 2.28. The Bertz CT molecular complexity index is 609. The molecule has 104 valence electrons. The van der Waals surface area contributed by atoms with Crippen LogP contribution in [0.15, 0.2) is 18.3 Å². The number of nitrogens with one attached hydrogen (secondary N) is 1. The van der Waals surface area contributed by atoms with Crippen LogP contribution < -0.4 is 5.32 Å². The molecule has 0 saturated carbocycles. The fourth-order valence-corrected chi connectivity index (χ4v) is 1.90. The van der Waals surface area contributed by atoms with Crippen LogP contribution in [0.3, 0.4) is 0 Å². The Morgan fingerprint density at radius 2 is 2.30 bits per heavy atom. The number of ether oxygens (including phenoxy) is 1. The van der Waals surface area contributed by atoms with E-state index in [0.717, 1.165) is 6.08 Å².